The Kier molecular flexibility index (Phi) is 6.83. The number of benzene rings is 1. The Labute approximate surface area is 195 Å². The number of pyridine rings is 1. The summed E-state index contributed by atoms with van der Waals surface area (Å²) in [4.78, 5) is 23.3. The summed E-state index contributed by atoms with van der Waals surface area (Å²) in [5.41, 5.74) is -1.10. The molecule has 0 atom stereocenters. The van der Waals surface area contributed by atoms with Crippen LogP contribution >= 0.6 is 11.6 Å². The molecular weight excluding hydrogens is 481 g/mol. The highest BCUT2D eigenvalue weighted by Gasteiger charge is 2.34. The molecule has 1 aliphatic carbocycles. The molecule has 4 rings (SSSR count). The van der Waals surface area contributed by atoms with Crippen LogP contribution < -0.4 is 10.6 Å². The van der Waals surface area contributed by atoms with Gasteiger partial charge in [0.15, 0.2) is 0 Å². The van der Waals surface area contributed by atoms with E-state index >= 15 is 0 Å². The van der Waals surface area contributed by atoms with Crippen molar-refractivity contribution in [3.63, 3.8) is 0 Å². The van der Waals surface area contributed by atoms with E-state index in [2.05, 4.69) is 25.6 Å². The number of hydrogen-bond donors (Lipinski definition) is 2. The first kappa shape index (κ1) is 24.1. The normalized spacial score (nSPS) is 18.8. The van der Waals surface area contributed by atoms with Gasteiger partial charge >= 0.3 is 6.18 Å². The van der Waals surface area contributed by atoms with E-state index in [0.717, 1.165) is 18.5 Å². The van der Waals surface area contributed by atoms with Gasteiger partial charge in [0, 0.05) is 28.2 Å². The third kappa shape index (κ3) is 5.52. The van der Waals surface area contributed by atoms with E-state index in [1.165, 1.54) is 12.1 Å². The molecule has 0 aliphatic heterocycles. The lowest BCUT2D eigenvalue weighted by molar-refractivity contribution is -0.140. The molecule has 2 aromatic heterocycles. The summed E-state index contributed by atoms with van der Waals surface area (Å²) in [6.07, 6.45) is -3.18. The van der Waals surface area contributed by atoms with E-state index in [-0.39, 0.29) is 23.3 Å². The van der Waals surface area contributed by atoms with Crippen LogP contribution in [0.25, 0.3) is 10.9 Å². The van der Waals surface area contributed by atoms with Crippen molar-refractivity contribution >= 4 is 34.1 Å². The van der Waals surface area contributed by atoms with Crippen LogP contribution in [0, 0.1) is 0 Å². The number of anilines is 1. The van der Waals surface area contributed by atoms with Gasteiger partial charge in [-0.15, -0.1) is 0 Å². The summed E-state index contributed by atoms with van der Waals surface area (Å²) in [5, 5.41) is 6.85. The van der Waals surface area contributed by atoms with Crippen molar-refractivity contribution in [3.8, 4) is 0 Å². The van der Waals surface area contributed by atoms with Gasteiger partial charge in [0.1, 0.15) is 17.1 Å². The molecule has 12 heteroatoms. The van der Waals surface area contributed by atoms with Crippen LogP contribution in [0.5, 0.6) is 0 Å². The van der Waals surface area contributed by atoms with Crippen LogP contribution in [-0.4, -0.2) is 32.9 Å². The SMILES string of the molecule is O=C(N[C@H]1CC[C@@H](Nc2cc(C(F)(F)F)nc3ccc(Cl)cc23)CC1)c1cnc(C(F)F)cn1. The Bertz CT molecular complexity index is 1180. The molecule has 0 saturated heterocycles. The highest BCUT2D eigenvalue weighted by Crippen LogP contribution is 2.35. The Morgan fingerprint density at radius 3 is 2.35 bits per heavy atom. The number of nitrogens with zero attached hydrogens (tertiary/aromatic N) is 3. The van der Waals surface area contributed by atoms with Crippen molar-refractivity contribution < 1.29 is 26.7 Å². The molecule has 0 spiro atoms. The number of amides is 1. The molecule has 1 aliphatic rings. The molecule has 0 unspecified atom stereocenters. The number of aromatic nitrogens is 3. The smallest absolute Gasteiger partial charge is 0.382 e. The maximum Gasteiger partial charge on any atom is 0.433 e. The Balaban J connectivity index is 1.41. The number of rotatable bonds is 5. The zero-order valence-electron chi connectivity index (χ0n) is 17.5. The van der Waals surface area contributed by atoms with E-state index in [0.29, 0.717) is 41.8 Å². The molecule has 0 radical (unpaired) electrons. The van der Waals surface area contributed by atoms with E-state index < -0.39 is 29.9 Å². The minimum atomic E-state index is -4.59. The van der Waals surface area contributed by atoms with Crippen LogP contribution in [0.15, 0.2) is 36.7 Å². The molecule has 1 saturated carbocycles. The molecular formula is C22H19ClF5N5O. The van der Waals surface area contributed by atoms with E-state index in [4.69, 9.17) is 11.6 Å². The van der Waals surface area contributed by atoms with Gasteiger partial charge in [-0.3, -0.25) is 9.78 Å². The summed E-state index contributed by atoms with van der Waals surface area (Å²) >= 11 is 6.04. The predicted molar refractivity (Wildman–Crippen MR) is 116 cm³/mol. The third-order valence-electron chi connectivity index (χ3n) is 5.61. The van der Waals surface area contributed by atoms with Crippen LogP contribution in [-0.2, 0) is 6.18 Å². The van der Waals surface area contributed by atoms with Gasteiger partial charge in [0.05, 0.1) is 17.9 Å². The standard InChI is InChI=1S/C22H19ClF5N5O/c23-11-1-6-15-14(7-11)16(8-19(33-15)22(26,27)28)31-12-2-4-13(5-3-12)32-21(34)18-10-29-17(9-30-18)20(24)25/h1,6-10,12-13,20H,2-5H2,(H,31,33)(H,32,34)/t12-,13+. The maximum absolute atomic E-state index is 13.3. The highest BCUT2D eigenvalue weighted by molar-refractivity contribution is 6.31. The number of fused-ring (bicyclic) bond motifs is 1. The van der Waals surface area contributed by atoms with Gasteiger partial charge in [-0.05, 0) is 49.9 Å². The highest BCUT2D eigenvalue weighted by atomic mass is 35.5. The summed E-state index contributed by atoms with van der Waals surface area (Å²) < 4.78 is 65.1. The lowest BCUT2D eigenvalue weighted by atomic mass is 9.90. The minimum absolute atomic E-state index is 0.0653. The molecule has 2 heterocycles. The van der Waals surface area contributed by atoms with Gasteiger partial charge in [0.25, 0.3) is 12.3 Å². The fraction of sp³-hybridized carbons (Fsp3) is 0.364. The van der Waals surface area contributed by atoms with Crippen LogP contribution in [0.2, 0.25) is 5.02 Å². The molecule has 1 fully saturated rings. The summed E-state index contributed by atoms with van der Waals surface area (Å²) in [5.74, 6) is -0.519. The first-order chi connectivity index (χ1) is 16.1. The molecule has 34 heavy (non-hydrogen) atoms. The van der Waals surface area contributed by atoms with Gasteiger partial charge in [-0.25, -0.2) is 18.7 Å². The zero-order valence-corrected chi connectivity index (χ0v) is 18.3. The quantitative estimate of drug-likeness (QED) is 0.434. The topological polar surface area (TPSA) is 79.8 Å². The third-order valence-corrected chi connectivity index (χ3v) is 5.85. The molecule has 0 bridgehead atoms. The first-order valence-corrected chi connectivity index (χ1v) is 10.8. The summed E-state index contributed by atoms with van der Waals surface area (Å²) in [7, 11) is 0. The van der Waals surface area contributed by atoms with Gasteiger partial charge in [0.2, 0.25) is 0 Å². The average molecular weight is 500 g/mol. The monoisotopic (exact) mass is 499 g/mol. The van der Waals surface area contributed by atoms with Crippen molar-refractivity contribution in [1.29, 1.82) is 0 Å². The van der Waals surface area contributed by atoms with Gasteiger partial charge < -0.3 is 10.6 Å². The van der Waals surface area contributed by atoms with Gasteiger partial charge in [-0.1, -0.05) is 11.6 Å². The predicted octanol–water partition coefficient (Wildman–Crippen LogP) is 5.79. The number of hydrogen-bond acceptors (Lipinski definition) is 5. The number of nitrogens with one attached hydrogen (secondary N) is 2. The van der Waals surface area contributed by atoms with E-state index in [9.17, 15) is 26.7 Å². The van der Waals surface area contributed by atoms with Crippen molar-refractivity contribution in [2.75, 3.05) is 5.32 Å². The molecule has 180 valence electrons. The fourth-order valence-corrected chi connectivity index (χ4v) is 4.06. The number of carbonyl (C=O) groups is 1. The molecule has 1 amide bonds. The van der Waals surface area contributed by atoms with Crippen LogP contribution in [0.1, 0.15) is 54.0 Å². The van der Waals surface area contributed by atoms with Crippen molar-refractivity contribution in [2.24, 2.45) is 0 Å². The molecule has 3 aromatic rings. The number of carbonyl (C=O) groups excluding carboxylic acids is 1. The fourth-order valence-electron chi connectivity index (χ4n) is 3.89. The first-order valence-electron chi connectivity index (χ1n) is 10.4. The molecule has 6 nitrogen and oxygen atoms in total. The Morgan fingerprint density at radius 1 is 1.03 bits per heavy atom. The van der Waals surface area contributed by atoms with Crippen LogP contribution in [0.4, 0.5) is 27.6 Å². The van der Waals surface area contributed by atoms with E-state index in [1.807, 2.05) is 0 Å². The van der Waals surface area contributed by atoms with Crippen molar-refractivity contribution in [1.82, 2.24) is 20.3 Å². The molecule has 2 N–H and O–H groups in total. The second kappa shape index (κ2) is 9.65. The second-order valence-corrected chi connectivity index (χ2v) is 8.44. The largest absolute Gasteiger partial charge is 0.433 e. The lowest BCUT2D eigenvalue weighted by Gasteiger charge is -2.30. The number of halogens is 6. The zero-order chi connectivity index (χ0) is 24.5. The second-order valence-electron chi connectivity index (χ2n) is 8.01. The Hall–Kier alpha value is -3.08. The Morgan fingerprint density at radius 2 is 1.74 bits per heavy atom. The number of alkyl halides is 5. The average Bonchev–Trinajstić information content (AvgIpc) is 2.80. The molecule has 1 aromatic carbocycles. The van der Waals surface area contributed by atoms with Crippen molar-refractivity contribution in [2.45, 2.75) is 50.4 Å². The van der Waals surface area contributed by atoms with Crippen molar-refractivity contribution in [3.05, 3.63) is 58.8 Å². The maximum atomic E-state index is 13.3. The minimum Gasteiger partial charge on any atom is -0.382 e. The van der Waals surface area contributed by atoms with Gasteiger partial charge in [-0.2, -0.15) is 13.2 Å². The summed E-state index contributed by atoms with van der Waals surface area (Å²) in [6, 6.07) is 5.18. The van der Waals surface area contributed by atoms with Crippen LogP contribution in [0.3, 0.4) is 0 Å². The lowest BCUT2D eigenvalue weighted by Crippen LogP contribution is -2.40. The summed E-state index contributed by atoms with van der Waals surface area (Å²) in [6.45, 7) is 0. The van der Waals surface area contributed by atoms with E-state index in [1.54, 1.807) is 6.07 Å².